The van der Waals surface area contributed by atoms with Crippen molar-refractivity contribution < 1.29 is 9.53 Å². The standard InChI is InChI=1S/C27H26N2O2S/c1-31-24-17-16-19-10-8-9-15-22(19)23(24)18-25-26(30)29(21-13-6-3-7-14-21)27(32-25)28-20-11-4-2-5-12-20/h2,4-5,8-12,15-18,21H,3,6-7,13-14H2,1H3. The first-order chi connectivity index (χ1) is 15.7. The lowest BCUT2D eigenvalue weighted by molar-refractivity contribution is -0.124. The third kappa shape index (κ3) is 4.05. The number of hydrogen-bond donors (Lipinski definition) is 0. The van der Waals surface area contributed by atoms with Gasteiger partial charge in [-0.15, -0.1) is 0 Å². The van der Waals surface area contributed by atoms with Crippen LogP contribution in [-0.2, 0) is 4.79 Å². The summed E-state index contributed by atoms with van der Waals surface area (Å²) in [6.07, 6.45) is 7.61. The Balaban J connectivity index is 1.60. The maximum absolute atomic E-state index is 13.7. The Hall–Kier alpha value is -3.05. The molecular formula is C27H26N2O2S. The Morgan fingerprint density at radius 2 is 1.72 bits per heavy atom. The van der Waals surface area contributed by atoms with Crippen molar-refractivity contribution in [1.29, 1.82) is 0 Å². The van der Waals surface area contributed by atoms with Crippen molar-refractivity contribution in [3.8, 4) is 5.75 Å². The summed E-state index contributed by atoms with van der Waals surface area (Å²) in [7, 11) is 1.67. The smallest absolute Gasteiger partial charge is 0.267 e. The number of amides is 1. The van der Waals surface area contributed by atoms with Gasteiger partial charge in [-0.1, -0.05) is 67.8 Å². The number of amidine groups is 1. The number of aliphatic imine (C=N–C) groups is 1. The van der Waals surface area contributed by atoms with E-state index in [1.807, 2.05) is 59.5 Å². The van der Waals surface area contributed by atoms with E-state index in [4.69, 9.17) is 9.73 Å². The third-order valence-corrected chi connectivity index (χ3v) is 7.17. The first-order valence-corrected chi connectivity index (χ1v) is 12.0. The number of thioether (sulfide) groups is 1. The van der Waals surface area contributed by atoms with Crippen LogP contribution >= 0.6 is 11.8 Å². The summed E-state index contributed by atoms with van der Waals surface area (Å²) < 4.78 is 5.66. The van der Waals surface area contributed by atoms with Crippen LogP contribution in [0.4, 0.5) is 5.69 Å². The number of benzene rings is 3. The van der Waals surface area contributed by atoms with Gasteiger partial charge in [0.2, 0.25) is 0 Å². The molecule has 0 unspecified atom stereocenters. The Morgan fingerprint density at radius 3 is 2.50 bits per heavy atom. The number of hydrogen-bond acceptors (Lipinski definition) is 4. The van der Waals surface area contributed by atoms with E-state index >= 15 is 0 Å². The van der Waals surface area contributed by atoms with Crippen LogP contribution in [-0.4, -0.2) is 29.1 Å². The lowest BCUT2D eigenvalue weighted by Gasteiger charge is -2.30. The SMILES string of the molecule is COc1ccc2ccccc2c1C=C1SC(=Nc2ccccc2)N(C2CCCCC2)C1=O. The Labute approximate surface area is 193 Å². The molecule has 1 amide bonds. The van der Waals surface area contributed by atoms with Gasteiger partial charge in [-0.2, -0.15) is 0 Å². The van der Waals surface area contributed by atoms with E-state index in [0.29, 0.717) is 4.91 Å². The number of carbonyl (C=O) groups excluding carboxylic acids is 1. The third-order valence-electron chi connectivity index (χ3n) is 6.18. The van der Waals surface area contributed by atoms with Gasteiger partial charge in [0.1, 0.15) is 5.75 Å². The van der Waals surface area contributed by atoms with Crippen LogP contribution in [0.1, 0.15) is 37.7 Å². The molecule has 4 nitrogen and oxygen atoms in total. The zero-order valence-electron chi connectivity index (χ0n) is 18.2. The van der Waals surface area contributed by atoms with E-state index in [-0.39, 0.29) is 11.9 Å². The van der Waals surface area contributed by atoms with Gasteiger partial charge in [0.15, 0.2) is 5.17 Å². The minimum absolute atomic E-state index is 0.0477. The van der Waals surface area contributed by atoms with Gasteiger partial charge in [-0.05, 0) is 59.7 Å². The Morgan fingerprint density at radius 1 is 0.969 bits per heavy atom. The van der Waals surface area contributed by atoms with Crippen LogP contribution in [0.15, 0.2) is 76.6 Å². The number of para-hydroxylation sites is 1. The normalized spacial score (nSPS) is 19.9. The number of carbonyl (C=O) groups is 1. The molecule has 0 spiro atoms. The van der Waals surface area contributed by atoms with Gasteiger partial charge in [-0.3, -0.25) is 9.69 Å². The molecule has 2 aliphatic rings. The summed E-state index contributed by atoms with van der Waals surface area (Å²) in [5.74, 6) is 0.814. The van der Waals surface area contributed by atoms with Gasteiger partial charge in [0.05, 0.1) is 17.7 Å². The predicted molar refractivity (Wildman–Crippen MR) is 133 cm³/mol. The van der Waals surface area contributed by atoms with Gasteiger partial charge < -0.3 is 4.74 Å². The molecule has 0 radical (unpaired) electrons. The lowest BCUT2D eigenvalue weighted by Crippen LogP contribution is -2.40. The van der Waals surface area contributed by atoms with Crippen LogP contribution in [0, 0.1) is 0 Å². The highest BCUT2D eigenvalue weighted by molar-refractivity contribution is 8.18. The van der Waals surface area contributed by atoms with Crippen LogP contribution < -0.4 is 4.74 Å². The fourth-order valence-electron chi connectivity index (χ4n) is 4.57. The molecule has 0 atom stereocenters. The molecule has 5 rings (SSSR count). The molecule has 5 heteroatoms. The van der Waals surface area contributed by atoms with Crippen LogP contribution in [0.2, 0.25) is 0 Å². The predicted octanol–water partition coefficient (Wildman–Crippen LogP) is 6.79. The lowest BCUT2D eigenvalue weighted by atomic mass is 9.94. The number of nitrogens with zero attached hydrogens (tertiary/aromatic N) is 2. The molecule has 1 aliphatic carbocycles. The minimum atomic E-state index is 0.0477. The van der Waals surface area contributed by atoms with Gasteiger partial charge >= 0.3 is 0 Å². The summed E-state index contributed by atoms with van der Waals surface area (Å²) in [6.45, 7) is 0. The van der Waals surface area contributed by atoms with Crippen LogP contribution in [0.5, 0.6) is 5.75 Å². The second-order valence-corrected chi connectivity index (χ2v) is 9.22. The van der Waals surface area contributed by atoms with E-state index in [2.05, 4.69) is 18.2 Å². The molecule has 0 bridgehead atoms. The van der Waals surface area contributed by atoms with E-state index < -0.39 is 0 Å². The highest BCUT2D eigenvalue weighted by atomic mass is 32.2. The maximum atomic E-state index is 13.7. The van der Waals surface area contributed by atoms with E-state index in [1.165, 1.54) is 18.2 Å². The fraction of sp³-hybridized carbons (Fsp3) is 0.259. The average Bonchev–Trinajstić information content (AvgIpc) is 3.14. The average molecular weight is 443 g/mol. The highest BCUT2D eigenvalue weighted by Crippen LogP contribution is 2.40. The largest absolute Gasteiger partial charge is 0.496 e. The molecule has 1 saturated carbocycles. The summed E-state index contributed by atoms with van der Waals surface area (Å²) >= 11 is 1.47. The van der Waals surface area contributed by atoms with Crippen LogP contribution in [0.25, 0.3) is 16.8 Å². The van der Waals surface area contributed by atoms with E-state index in [1.54, 1.807) is 7.11 Å². The summed E-state index contributed by atoms with van der Waals surface area (Å²) in [5, 5.41) is 2.97. The Kier molecular flexibility index (Phi) is 5.99. The summed E-state index contributed by atoms with van der Waals surface area (Å²) in [5.41, 5.74) is 1.80. The Bertz CT molecular complexity index is 1200. The second kappa shape index (κ2) is 9.21. The molecule has 2 fully saturated rings. The van der Waals surface area contributed by atoms with Crippen molar-refractivity contribution >= 4 is 45.4 Å². The van der Waals surface area contributed by atoms with Crippen molar-refractivity contribution in [1.82, 2.24) is 4.90 Å². The van der Waals surface area contributed by atoms with Crippen molar-refractivity contribution in [3.05, 3.63) is 77.2 Å². The molecule has 32 heavy (non-hydrogen) atoms. The quantitative estimate of drug-likeness (QED) is 0.418. The second-order valence-electron chi connectivity index (χ2n) is 8.21. The van der Waals surface area contributed by atoms with Gasteiger partial charge in [-0.25, -0.2) is 4.99 Å². The fourth-order valence-corrected chi connectivity index (χ4v) is 5.61. The van der Waals surface area contributed by atoms with Crippen molar-refractivity contribution in [2.45, 2.75) is 38.1 Å². The molecule has 3 aromatic rings. The molecular weight excluding hydrogens is 416 g/mol. The molecule has 0 N–H and O–H groups in total. The molecule has 0 aromatic heterocycles. The zero-order valence-corrected chi connectivity index (χ0v) is 19.0. The highest BCUT2D eigenvalue weighted by Gasteiger charge is 2.38. The minimum Gasteiger partial charge on any atom is -0.496 e. The van der Waals surface area contributed by atoms with E-state index in [0.717, 1.165) is 58.6 Å². The van der Waals surface area contributed by atoms with Crippen molar-refractivity contribution in [3.63, 3.8) is 0 Å². The van der Waals surface area contributed by atoms with Crippen LogP contribution in [0.3, 0.4) is 0 Å². The first-order valence-electron chi connectivity index (χ1n) is 11.2. The maximum Gasteiger partial charge on any atom is 0.267 e. The molecule has 1 aliphatic heterocycles. The molecule has 1 saturated heterocycles. The monoisotopic (exact) mass is 442 g/mol. The molecule has 3 aromatic carbocycles. The topological polar surface area (TPSA) is 41.9 Å². The van der Waals surface area contributed by atoms with Gasteiger partial charge in [0.25, 0.3) is 5.91 Å². The van der Waals surface area contributed by atoms with E-state index in [9.17, 15) is 4.79 Å². The number of fused-ring (bicyclic) bond motifs is 1. The summed E-state index contributed by atoms with van der Waals surface area (Å²) in [4.78, 5) is 21.2. The first kappa shape index (κ1) is 20.8. The molecule has 162 valence electrons. The number of rotatable bonds is 4. The summed E-state index contributed by atoms with van der Waals surface area (Å²) in [6, 6.07) is 22.3. The van der Waals surface area contributed by atoms with Crippen molar-refractivity contribution in [2.75, 3.05) is 7.11 Å². The van der Waals surface area contributed by atoms with Gasteiger partial charge in [0, 0.05) is 11.6 Å². The number of methoxy groups -OCH3 is 1. The zero-order chi connectivity index (χ0) is 21.9. The number of ether oxygens (including phenoxy) is 1. The molecule has 1 heterocycles. The van der Waals surface area contributed by atoms with Crippen molar-refractivity contribution in [2.24, 2.45) is 4.99 Å².